The fourth-order valence-corrected chi connectivity index (χ4v) is 2.04. The predicted octanol–water partition coefficient (Wildman–Crippen LogP) is 6.68. The Hall–Kier alpha value is -1.34. The first-order valence-electron chi connectivity index (χ1n) is 9.27. The molecule has 0 aromatic carbocycles. The summed E-state index contributed by atoms with van der Waals surface area (Å²) in [6.07, 6.45) is 33.3. The molecule has 0 saturated carbocycles. The Kier molecular flexibility index (Phi) is 19.5. The summed E-state index contributed by atoms with van der Waals surface area (Å²) in [7, 11) is 0. The summed E-state index contributed by atoms with van der Waals surface area (Å²) in [4.78, 5) is 0. The smallest absolute Gasteiger partial charge is 0.0433 e. The molecule has 0 rings (SSSR count). The Balaban J connectivity index is 3.42. The lowest BCUT2D eigenvalue weighted by Crippen LogP contribution is -1.77. The number of allylic oxidation sites excluding steroid dienone is 10. The molecule has 0 aliphatic rings. The molecular formula is C22H36O. The molecular weight excluding hydrogens is 280 g/mol. The average Bonchev–Trinajstić information content (AvgIpc) is 2.57. The van der Waals surface area contributed by atoms with E-state index in [-0.39, 0.29) is 6.61 Å². The van der Waals surface area contributed by atoms with Crippen molar-refractivity contribution in [1.82, 2.24) is 0 Å². The van der Waals surface area contributed by atoms with E-state index in [1.807, 2.05) is 0 Å². The van der Waals surface area contributed by atoms with Gasteiger partial charge in [0.05, 0.1) is 0 Å². The second kappa shape index (κ2) is 20.7. The van der Waals surface area contributed by atoms with Gasteiger partial charge in [0.15, 0.2) is 0 Å². The molecule has 23 heavy (non-hydrogen) atoms. The number of aliphatic hydroxyl groups is 1. The van der Waals surface area contributed by atoms with Gasteiger partial charge in [-0.3, -0.25) is 0 Å². The van der Waals surface area contributed by atoms with Crippen LogP contribution in [0.2, 0.25) is 0 Å². The quantitative estimate of drug-likeness (QED) is 0.264. The van der Waals surface area contributed by atoms with Crippen LogP contribution in [0.3, 0.4) is 0 Å². The van der Waals surface area contributed by atoms with Crippen molar-refractivity contribution in [2.45, 2.75) is 71.1 Å². The minimum Gasteiger partial charge on any atom is -0.396 e. The zero-order valence-corrected chi connectivity index (χ0v) is 15.0. The summed E-state index contributed by atoms with van der Waals surface area (Å²) in [6.45, 7) is 2.53. The van der Waals surface area contributed by atoms with Crippen molar-refractivity contribution in [3.63, 3.8) is 0 Å². The third-order valence-corrected chi connectivity index (χ3v) is 3.43. The van der Waals surface area contributed by atoms with Crippen LogP contribution in [0.25, 0.3) is 0 Å². The van der Waals surface area contributed by atoms with Crippen LogP contribution in [-0.2, 0) is 0 Å². The molecule has 0 unspecified atom stereocenters. The predicted molar refractivity (Wildman–Crippen MR) is 105 cm³/mol. The molecule has 0 aliphatic heterocycles. The minimum atomic E-state index is 0.286. The highest BCUT2D eigenvalue weighted by atomic mass is 16.2. The monoisotopic (exact) mass is 316 g/mol. The fraction of sp³-hybridized carbons (Fsp3) is 0.545. The van der Waals surface area contributed by atoms with E-state index in [2.05, 4.69) is 67.7 Å². The van der Waals surface area contributed by atoms with Gasteiger partial charge in [-0.25, -0.2) is 0 Å². The van der Waals surface area contributed by atoms with Crippen LogP contribution in [0.1, 0.15) is 71.1 Å². The van der Waals surface area contributed by atoms with Gasteiger partial charge in [0.2, 0.25) is 0 Å². The van der Waals surface area contributed by atoms with Crippen molar-refractivity contribution in [2.75, 3.05) is 6.61 Å². The van der Waals surface area contributed by atoms with E-state index in [1.165, 1.54) is 25.7 Å². The van der Waals surface area contributed by atoms with Crippen molar-refractivity contribution < 1.29 is 5.11 Å². The normalized spacial score (nSPS) is 13.0. The van der Waals surface area contributed by atoms with Crippen LogP contribution < -0.4 is 0 Å². The summed E-state index contributed by atoms with van der Waals surface area (Å²) >= 11 is 0. The van der Waals surface area contributed by atoms with Crippen LogP contribution in [0, 0.1) is 0 Å². The van der Waals surface area contributed by atoms with Crippen molar-refractivity contribution in [2.24, 2.45) is 0 Å². The molecule has 0 aromatic rings. The highest BCUT2D eigenvalue weighted by Gasteiger charge is 1.81. The van der Waals surface area contributed by atoms with E-state index in [4.69, 9.17) is 5.11 Å². The zero-order valence-electron chi connectivity index (χ0n) is 15.0. The second-order valence-electron chi connectivity index (χ2n) is 5.66. The van der Waals surface area contributed by atoms with Gasteiger partial charge in [-0.15, -0.1) is 0 Å². The van der Waals surface area contributed by atoms with E-state index in [0.717, 1.165) is 38.5 Å². The maximum absolute atomic E-state index is 8.65. The van der Waals surface area contributed by atoms with Gasteiger partial charge in [0.25, 0.3) is 0 Å². The van der Waals surface area contributed by atoms with E-state index in [1.54, 1.807) is 0 Å². The van der Waals surface area contributed by atoms with Crippen LogP contribution in [-0.4, -0.2) is 11.7 Å². The van der Waals surface area contributed by atoms with Crippen LogP contribution >= 0.6 is 0 Å². The lowest BCUT2D eigenvalue weighted by Gasteiger charge is -1.90. The molecule has 1 nitrogen and oxygen atoms in total. The summed E-state index contributed by atoms with van der Waals surface area (Å²) in [5, 5.41) is 8.65. The molecule has 130 valence electrons. The Morgan fingerprint density at radius 2 is 0.913 bits per heavy atom. The van der Waals surface area contributed by atoms with Crippen molar-refractivity contribution >= 4 is 0 Å². The van der Waals surface area contributed by atoms with Gasteiger partial charge >= 0.3 is 0 Å². The standard InChI is InChI=1S/C22H36O/c1-2-3-4-5-6-7-8-9-10-11-12-13-14-15-16-17-18-19-20-21-22-23/h6-7,9-10,12-13,15-16,18-19,23H,2-5,8,11,14,17,20-22H2,1H3/b7-6-,10-9-,13-12-,16-15-,19-18-. The average molecular weight is 317 g/mol. The summed E-state index contributed by atoms with van der Waals surface area (Å²) in [5.74, 6) is 0. The Bertz CT molecular complexity index is 358. The van der Waals surface area contributed by atoms with E-state index in [9.17, 15) is 0 Å². The van der Waals surface area contributed by atoms with Crippen LogP contribution in [0.15, 0.2) is 60.8 Å². The summed E-state index contributed by atoms with van der Waals surface area (Å²) in [6, 6.07) is 0. The fourth-order valence-electron chi connectivity index (χ4n) is 2.04. The van der Waals surface area contributed by atoms with Gasteiger partial charge in [-0.05, 0) is 51.4 Å². The highest BCUT2D eigenvalue weighted by molar-refractivity contribution is 5.00. The SMILES string of the molecule is CCCCC/C=C\C/C=C\C/C=C\C/C=C\C/C=C\CCCO. The number of unbranched alkanes of at least 4 members (excludes halogenated alkanes) is 4. The molecule has 0 heterocycles. The van der Waals surface area contributed by atoms with Crippen LogP contribution in [0.4, 0.5) is 0 Å². The van der Waals surface area contributed by atoms with Gasteiger partial charge in [0, 0.05) is 6.61 Å². The third-order valence-electron chi connectivity index (χ3n) is 3.43. The summed E-state index contributed by atoms with van der Waals surface area (Å²) < 4.78 is 0. The molecule has 0 radical (unpaired) electrons. The minimum absolute atomic E-state index is 0.286. The Morgan fingerprint density at radius 3 is 1.30 bits per heavy atom. The Morgan fingerprint density at radius 1 is 0.522 bits per heavy atom. The molecule has 0 spiro atoms. The molecule has 0 aromatic heterocycles. The lowest BCUT2D eigenvalue weighted by atomic mass is 10.2. The third kappa shape index (κ3) is 20.7. The molecule has 0 amide bonds. The molecule has 1 heteroatoms. The van der Waals surface area contributed by atoms with E-state index in [0.29, 0.717) is 0 Å². The van der Waals surface area contributed by atoms with Crippen LogP contribution in [0.5, 0.6) is 0 Å². The van der Waals surface area contributed by atoms with E-state index < -0.39 is 0 Å². The maximum atomic E-state index is 8.65. The first-order valence-corrected chi connectivity index (χ1v) is 9.27. The molecule has 0 saturated heterocycles. The van der Waals surface area contributed by atoms with Gasteiger partial charge in [-0.1, -0.05) is 80.5 Å². The number of rotatable bonds is 15. The van der Waals surface area contributed by atoms with Crippen molar-refractivity contribution in [1.29, 1.82) is 0 Å². The molecule has 1 N–H and O–H groups in total. The van der Waals surface area contributed by atoms with Crippen molar-refractivity contribution in [3.05, 3.63) is 60.8 Å². The van der Waals surface area contributed by atoms with Gasteiger partial charge < -0.3 is 5.11 Å². The largest absolute Gasteiger partial charge is 0.396 e. The molecule has 0 atom stereocenters. The van der Waals surface area contributed by atoms with Crippen molar-refractivity contribution in [3.8, 4) is 0 Å². The number of aliphatic hydroxyl groups excluding tert-OH is 1. The van der Waals surface area contributed by atoms with E-state index >= 15 is 0 Å². The zero-order chi connectivity index (χ0) is 16.8. The molecule has 0 fully saturated rings. The Labute approximate surface area is 144 Å². The topological polar surface area (TPSA) is 20.2 Å². The first kappa shape index (κ1) is 21.7. The molecule has 0 aliphatic carbocycles. The molecule has 0 bridgehead atoms. The lowest BCUT2D eigenvalue weighted by molar-refractivity contribution is 0.289. The highest BCUT2D eigenvalue weighted by Crippen LogP contribution is 2.01. The summed E-state index contributed by atoms with van der Waals surface area (Å²) in [5.41, 5.74) is 0. The maximum Gasteiger partial charge on any atom is 0.0433 e. The van der Waals surface area contributed by atoms with Gasteiger partial charge in [0.1, 0.15) is 0 Å². The first-order chi connectivity index (χ1) is 11.4. The number of hydrogen-bond donors (Lipinski definition) is 1. The van der Waals surface area contributed by atoms with Gasteiger partial charge in [-0.2, -0.15) is 0 Å². The number of hydrogen-bond acceptors (Lipinski definition) is 1. The second-order valence-corrected chi connectivity index (χ2v) is 5.66.